The first-order valence-electron chi connectivity index (χ1n) is 8.97. The van der Waals surface area contributed by atoms with Crippen molar-refractivity contribution in [3.8, 4) is 0 Å². The summed E-state index contributed by atoms with van der Waals surface area (Å²) in [6, 6.07) is 0. The van der Waals surface area contributed by atoms with Crippen LogP contribution in [-0.2, 0) is 4.79 Å². The fraction of sp³-hybridized carbons (Fsp3) is 0.944. The number of hydrogen-bond acceptors (Lipinski definition) is 2. The summed E-state index contributed by atoms with van der Waals surface area (Å²) in [6.07, 6.45) is 19.9. The van der Waals surface area contributed by atoms with Crippen molar-refractivity contribution >= 4 is 35.5 Å². The molecule has 0 unspecified atom stereocenters. The zero-order valence-corrected chi connectivity index (χ0v) is 17.8. The molecule has 0 heterocycles. The van der Waals surface area contributed by atoms with E-state index in [2.05, 4.69) is 6.92 Å². The Morgan fingerprint density at radius 1 is 0.636 bits per heavy atom. The molecule has 22 heavy (non-hydrogen) atoms. The minimum atomic E-state index is -0.903. The summed E-state index contributed by atoms with van der Waals surface area (Å²) >= 11 is 0. The third-order valence-electron chi connectivity index (χ3n) is 3.98. The first-order chi connectivity index (χ1) is 9.77. The summed E-state index contributed by atoms with van der Waals surface area (Å²) < 4.78 is 0. The van der Waals surface area contributed by atoms with Crippen molar-refractivity contribution in [1.29, 1.82) is 0 Å². The third-order valence-corrected chi connectivity index (χ3v) is 3.98. The van der Waals surface area contributed by atoms with E-state index < -0.39 is 5.97 Å². The molecule has 0 amide bonds. The van der Waals surface area contributed by atoms with Crippen LogP contribution >= 0.6 is 0 Å². The van der Waals surface area contributed by atoms with Gasteiger partial charge in [0.2, 0.25) is 0 Å². The number of carbonyl (C=O) groups excluding carboxylic acids is 1. The molecular weight excluding hydrogens is 310 g/mol. The Kier molecular flexibility index (Phi) is 33.3. The molecule has 0 aliphatic heterocycles. The van der Waals surface area contributed by atoms with E-state index >= 15 is 0 Å². The van der Waals surface area contributed by atoms with Crippen molar-refractivity contribution in [2.75, 3.05) is 0 Å². The summed E-state index contributed by atoms with van der Waals surface area (Å²) in [5, 5.41) is 10.2. The van der Waals surface area contributed by atoms with Crippen LogP contribution in [0.4, 0.5) is 0 Å². The van der Waals surface area contributed by atoms with E-state index in [0.717, 1.165) is 12.8 Å². The number of aliphatic carboxylic acids is 1. The molecule has 0 aliphatic carbocycles. The standard InChI is InChI=1S/C18H36O2.K.Na.H/c1-2-3-4-5-6-7-8-9-10-11-12-13-14-15-16-17-18(19)20;;;/h2-17H2,1H3,(H,19,20);;;/q;+1;;/p-1. The molecule has 0 rings (SSSR count). The molecule has 0 saturated heterocycles. The topological polar surface area (TPSA) is 40.1 Å². The van der Waals surface area contributed by atoms with Crippen molar-refractivity contribution in [3.05, 3.63) is 0 Å². The summed E-state index contributed by atoms with van der Waals surface area (Å²) in [6.45, 7) is 2.27. The van der Waals surface area contributed by atoms with Crippen LogP contribution in [0.25, 0.3) is 0 Å². The number of carboxylic acids is 1. The van der Waals surface area contributed by atoms with Gasteiger partial charge in [-0.2, -0.15) is 0 Å². The molecule has 122 valence electrons. The maximum absolute atomic E-state index is 10.2. The van der Waals surface area contributed by atoms with Crippen LogP contribution < -0.4 is 56.5 Å². The van der Waals surface area contributed by atoms with Crippen molar-refractivity contribution in [2.45, 2.75) is 110 Å². The Morgan fingerprint density at radius 2 is 0.909 bits per heavy atom. The molecule has 0 aromatic heterocycles. The molecule has 0 N–H and O–H groups in total. The second-order valence-corrected chi connectivity index (χ2v) is 6.07. The van der Waals surface area contributed by atoms with E-state index in [9.17, 15) is 9.90 Å². The molecule has 0 aromatic rings. The molecule has 0 spiro atoms. The van der Waals surface area contributed by atoms with Gasteiger partial charge in [0.25, 0.3) is 0 Å². The van der Waals surface area contributed by atoms with Gasteiger partial charge in [0.05, 0.1) is 0 Å². The summed E-state index contributed by atoms with van der Waals surface area (Å²) in [5.74, 6) is -0.903. The number of unbranched alkanes of at least 4 members (excludes halogenated alkanes) is 14. The Morgan fingerprint density at radius 3 is 1.18 bits per heavy atom. The third kappa shape index (κ3) is 27.0. The van der Waals surface area contributed by atoms with Gasteiger partial charge >= 0.3 is 80.9 Å². The second kappa shape index (κ2) is 25.3. The van der Waals surface area contributed by atoms with Crippen LogP contribution in [0.15, 0.2) is 0 Å². The quantitative estimate of drug-likeness (QED) is 0.313. The number of rotatable bonds is 16. The molecule has 0 saturated carbocycles. The minimum absolute atomic E-state index is 0. The molecule has 0 atom stereocenters. The fourth-order valence-corrected chi connectivity index (χ4v) is 2.64. The fourth-order valence-electron chi connectivity index (χ4n) is 2.64. The SMILES string of the molecule is CCCCCCCCCCCCCCCCCC(=O)[O-].[K+].[NaH]. The van der Waals surface area contributed by atoms with E-state index in [-0.39, 0.29) is 87.4 Å². The van der Waals surface area contributed by atoms with Gasteiger partial charge in [0.15, 0.2) is 0 Å². The average Bonchev–Trinajstić information content (AvgIpc) is 2.43. The molecule has 0 radical (unpaired) electrons. The van der Waals surface area contributed by atoms with Gasteiger partial charge in [0.1, 0.15) is 0 Å². The van der Waals surface area contributed by atoms with Gasteiger partial charge in [-0.25, -0.2) is 0 Å². The van der Waals surface area contributed by atoms with Crippen molar-refractivity contribution in [1.82, 2.24) is 0 Å². The summed E-state index contributed by atoms with van der Waals surface area (Å²) in [5.41, 5.74) is 0. The Labute approximate surface area is 203 Å². The van der Waals surface area contributed by atoms with E-state index in [1.807, 2.05) is 0 Å². The van der Waals surface area contributed by atoms with Gasteiger partial charge < -0.3 is 9.90 Å². The molecule has 0 aromatic carbocycles. The summed E-state index contributed by atoms with van der Waals surface area (Å²) in [4.78, 5) is 10.2. The van der Waals surface area contributed by atoms with Crippen LogP contribution in [-0.4, -0.2) is 35.5 Å². The van der Waals surface area contributed by atoms with Crippen LogP contribution in [0.1, 0.15) is 110 Å². The maximum atomic E-state index is 10.2. The van der Waals surface area contributed by atoms with E-state index in [1.54, 1.807) is 0 Å². The molecular formula is C18H36KNaO2. The first-order valence-corrected chi connectivity index (χ1v) is 8.97. The van der Waals surface area contributed by atoms with Gasteiger partial charge in [-0.3, -0.25) is 0 Å². The molecule has 4 heteroatoms. The second-order valence-electron chi connectivity index (χ2n) is 6.07. The zero-order valence-electron chi connectivity index (χ0n) is 14.6. The average molecular weight is 347 g/mol. The molecule has 2 nitrogen and oxygen atoms in total. The molecule has 0 aliphatic rings. The van der Waals surface area contributed by atoms with Crippen molar-refractivity contribution in [3.63, 3.8) is 0 Å². The van der Waals surface area contributed by atoms with Crippen LogP contribution in [0.2, 0.25) is 0 Å². The van der Waals surface area contributed by atoms with E-state index in [0.29, 0.717) is 0 Å². The summed E-state index contributed by atoms with van der Waals surface area (Å²) in [7, 11) is 0. The number of carbonyl (C=O) groups is 1. The van der Waals surface area contributed by atoms with Crippen LogP contribution in [0.3, 0.4) is 0 Å². The molecule has 0 bridgehead atoms. The normalized spacial score (nSPS) is 9.86. The number of hydrogen-bond donors (Lipinski definition) is 0. The predicted octanol–water partition coefficient (Wildman–Crippen LogP) is 1.35. The van der Waals surface area contributed by atoms with Crippen molar-refractivity contribution in [2.24, 2.45) is 0 Å². The Bertz CT molecular complexity index is 213. The van der Waals surface area contributed by atoms with Gasteiger partial charge in [-0.05, 0) is 12.8 Å². The van der Waals surface area contributed by atoms with Crippen LogP contribution in [0.5, 0.6) is 0 Å². The van der Waals surface area contributed by atoms with Crippen LogP contribution in [0, 0.1) is 0 Å². The van der Waals surface area contributed by atoms with E-state index in [4.69, 9.17) is 0 Å². The number of carboxylic acid groups (broad SMARTS) is 1. The Hall–Kier alpha value is 2.11. The predicted molar refractivity (Wildman–Crippen MR) is 91.7 cm³/mol. The van der Waals surface area contributed by atoms with Crippen molar-refractivity contribution < 1.29 is 61.3 Å². The molecule has 0 fully saturated rings. The first kappa shape index (κ1) is 28.9. The zero-order chi connectivity index (χ0) is 14.9. The monoisotopic (exact) mass is 346 g/mol. The van der Waals surface area contributed by atoms with Gasteiger partial charge in [-0.15, -0.1) is 0 Å². The Balaban J connectivity index is -0.00000180. The van der Waals surface area contributed by atoms with E-state index in [1.165, 1.54) is 83.5 Å². The van der Waals surface area contributed by atoms with Gasteiger partial charge in [0, 0.05) is 5.97 Å². The van der Waals surface area contributed by atoms with Gasteiger partial charge in [-0.1, -0.05) is 96.8 Å².